The third kappa shape index (κ3) is 7.42. The second-order valence-corrected chi connectivity index (χ2v) is 7.20. The molecule has 0 aliphatic heterocycles. The number of rotatable bonds is 7. The van der Waals surface area contributed by atoms with Crippen LogP contribution in [-0.2, 0) is 4.74 Å². The van der Waals surface area contributed by atoms with Gasteiger partial charge in [-0.15, -0.1) is 0 Å². The molecule has 2 aromatic carbocycles. The van der Waals surface area contributed by atoms with Crippen LogP contribution < -0.4 is 14.9 Å². The minimum absolute atomic E-state index is 0.129. The lowest BCUT2D eigenvalue weighted by Gasteiger charge is -2.18. The Morgan fingerprint density at radius 3 is 2.39 bits per heavy atom. The van der Waals surface area contributed by atoms with Crippen molar-refractivity contribution >= 4 is 24.0 Å². The van der Waals surface area contributed by atoms with E-state index in [0.29, 0.717) is 17.9 Å². The summed E-state index contributed by atoms with van der Waals surface area (Å²) >= 11 is 0. The average molecular weight is 429 g/mol. The number of esters is 1. The second-order valence-electron chi connectivity index (χ2n) is 7.20. The number of carbonyl (C=O) groups excluding carboxylic acids is 2. The van der Waals surface area contributed by atoms with E-state index >= 15 is 0 Å². The zero-order valence-corrected chi connectivity index (χ0v) is 17.6. The number of nitro benzene ring substituents is 1. The van der Waals surface area contributed by atoms with Crippen molar-refractivity contribution in [1.29, 1.82) is 0 Å². The lowest BCUT2D eigenvalue weighted by atomic mass is 10.2. The van der Waals surface area contributed by atoms with E-state index in [1.165, 1.54) is 36.5 Å². The number of hydrogen-bond donors (Lipinski definition) is 1. The van der Waals surface area contributed by atoms with E-state index in [-0.39, 0.29) is 17.0 Å². The van der Waals surface area contributed by atoms with Crippen LogP contribution in [-0.4, -0.2) is 35.4 Å². The Balaban J connectivity index is 2.10. The first-order valence-electron chi connectivity index (χ1n) is 9.34. The highest BCUT2D eigenvalue weighted by Crippen LogP contribution is 2.29. The summed E-state index contributed by atoms with van der Waals surface area (Å²) in [6.07, 6.45) is 0.691. The van der Waals surface area contributed by atoms with Crippen LogP contribution in [0.4, 0.5) is 10.5 Å². The predicted octanol–water partition coefficient (Wildman–Crippen LogP) is 4.07. The van der Waals surface area contributed by atoms with Crippen molar-refractivity contribution < 1.29 is 28.7 Å². The predicted molar refractivity (Wildman–Crippen MR) is 113 cm³/mol. The van der Waals surface area contributed by atoms with Crippen molar-refractivity contribution in [2.45, 2.75) is 33.3 Å². The molecule has 31 heavy (non-hydrogen) atoms. The van der Waals surface area contributed by atoms with E-state index in [0.717, 1.165) is 0 Å². The summed E-state index contributed by atoms with van der Waals surface area (Å²) in [5, 5.41) is 14.5. The molecular weight excluding hydrogens is 406 g/mol. The number of nitrogens with one attached hydrogen (secondary N) is 1. The fourth-order valence-corrected chi connectivity index (χ4v) is 2.30. The molecule has 0 atom stereocenters. The second kappa shape index (κ2) is 10.2. The van der Waals surface area contributed by atoms with Gasteiger partial charge < -0.3 is 14.2 Å². The van der Waals surface area contributed by atoms with E-state index < -0.39 is 22.6 Å². The monoisotopic (exact) mass is 429 g/mol. The highest BCUT2D eigenvalue weighted by atomic mass is 16.6. The Morgan fingerprint density at radius 2 is 1.81 bits per heavy atom. The Hall–Kier alpha value is -3.95. The third-order valence-electron chi connectivity index (χ3n) is 3.55. The fraction of sp³-hybridized carbons (Fsp3) is 0.286. The number of carbonyl (C=O) groups is 2. The van der Waals surface area contributed by atoms with Gasteiger partial charge in [0, 0.05) is 12.1 Å². The van der Waals surface area contributed by atoms with Crippen molar-refractivity contribution in [2.75, 3.05) is 6.61 Å². The van der Waals surface area contributed by atoms with Gasteiger partial charge in [-0.1, -0.05) is 0 Å². The van der Waals surface area contributed by atoms with Crippen LogP contribution in [0.3, 0.4) is 0 Å². The van der Waals surface area contributed by atoms with Crippen LogP contribution in [0.2, 0.25) is 0 Å². The first-order chi connectivity index (χ1) is 14.6. The third-order valence-corrected chi connectivity index (χ3v) is 3.55. The summed E-state index contributed by atoms with van der Waals surface area (Å²) in [6.45, 7) is 7.30. The van der Waals surface area contributed by atoms with Crippen molar-refractivity contribution in [3.8, 4) is 11.5 Å². The largest absolute Gasteiger partial charge is 0.490 e. The van der Waals surface area contributed by atoms with E-state index in [2.05, 4.69) is 10.5 Å². The van der Waals surface area contributed by atoms with Crippen LogP contribution in [0.15, 0.2) is 47.6 Å². The summed E-state index contributed by atoms with van der Waals surface area (Å²) in [6, 6.07) is 9.77. The molecule has 1 amide bonds. The minimum atomic E-state index is -0.692. The summed E-state index contributed by atoms with van der Waals surface area (Å²) < 4.78 is 16.0. The van der Waals surface area contributed by atoms with Gasteiger partial charge in [0.05, 0.1) is 23.3 Å². The molecule has 164 valence electrons. The molecule has 0 fully saturated rings. The van der Waals surface area contributed by atoms with Gasteiger partial charge in [-0.05, 0) is 63.6 Å². The quantitative estimate of drug-likeness (QED) is 0.231. The molecule has 0 aliphatic rings. The number of nitro groups is 1. The molecule has 0 bridgehead atoms. The molecule has 10 heteroatoms. The zero-order valence-electron chi connectivity index (χ0n) is 17.6. The molecule has 0 saturated carbocycles. The summed E-state index contributed by atoms with van der Waals surface area (Å²) in [4.78, 5) is 34.2. The highest BCUT2D eigenvalue weighted by Gasteiger charge is 2.16. The van der Waals surface area contributed by atoms with Crippen LogP contribution >= 0.6 is 0 Å². The van der Waals surface area contributed by atoms with E-state index in [4.69, 9.17) is 14.2 Å². The zero-order chi connectivity index (χ0) is 23.0. The Kier molecular flexibility index (Phi) is 7.67. The molecular formula is C21H23N3O7. The van der Waals surface area contributed by atoms with Gasteiger partial charge in [0.2, 0.25) is 0 Å². The first-order valence-corrected chi connectivity index (χ1v) is 9.34. The molecule has 1 N–H and O–H groups in total. The molecule has 0 radical (unpaired) electrons. The Bertz CT molecular complexity index is 979. The molecule has 0 spiro atoms. The number of benzene rings is 2. The molecule has 0 heterocycles. The minimum Gasteiger partial charge on any atom is -0.490 e. The van der Waals surface area contributed by atoms with Crippen molar-refractivity contribution in [1.82, 2.24) is 5.43 Å². The van der Waals surface area contributed by atoms with Crippen molar-refractivity contribution in [2.24, 2.45) is 5.10 Å². The van der Waals surface area contributed by atoms with Gasteiger partial charge in [0.25, 0.3) is 5.69 Å². The molecule has 2 aromatic rings. The van der Waals surface area contributed by atoms with Crippen LogP contribution in [0, 0.1) is 10.1 Å². The number of ether oxygens (including phenoxy) is 3. The van der Waals surface area contributed by atoms with Gasteiger partial charge in [-0.2, -0.15) is 5.10 Å². The maximum absolute atomic E-state index is 12.4. The number of amides is 1. The van der Waals surface area contributed by atoms with E-state index in [9.17, 15) is 19.7 Å². The van der Waals surface area contributed by atoms with Crippen LogP contribution in [0.5, 0.6) is 11.5 Å². The molecule has 0 aromatic heterocycles. The summed E-state index contributed by atoms with van der Waals surface area (Å²) in [7, 11) is 0. The van der Waals surface area contributed by atoms with Gasteiger partial charge in [-0.3, -0.25) is 10.1 Å². The first kappa shape index (κ1) is 23.3. The van der Waals surface area contributed by atoms with Gasteiger partial charge in [0.1, 0.15) is 5.60 Å². The summed E-state index contributed by atoms with van der Waals surface area (Å²) in [5.74, 6) is -0.231. The smallest absolute Gasteiger partial charge is 0.428 e. The highest BCUT2D eigenvalue weighted by molar-refractivity contribution is 5.92. The number of hydrogen-bond acceptors (Lipinski definition) is 8. The standard InChI is InChI=1S/C21H23N3O7/c1-5-29-18-12-14(13-22-23-20(26)31-21(2,3)4)6-11-17(18)30-19(25)15-7-9-16(10-8-15)24(27)28/h6-13H,5H2,1-4H3,(H,23,26). The molecule has 0 unspecified atom stereocenters. The van der Waals surface area contributed by atoms with E-state index in [1.807, 2.05) is 0 Å². The Labute approximate surface area is 179 Å². The number of non-ortho nitro benzene ring substituents is 1. The molecule has 2 rings (SSSR count). The fourth-order valence-electron chi connectivity index (χ4n) is 2.30. The van der Waals surface area contributed by atoms with Gasteiger partial charge in [-0.25, -0.2) is 15.0 Å². The van der Waals surface area contributed by atoms with E-state index in [1.54, 1.807) is 39.8 Å². The molecule has 10 nitrogen and oxygen atoms in total. The van der Waals surface area contributed by atoms with Crippen molar-refractivity contribution in [3.63, 3.8) is 0 Å². The average Bonchev–Trinajstić information content (AvgIpc) is 2.68. The topological polar surface area (TPSA) is 129 Å². The van der Waals surface area contributed by atoms with Gasteiger partial charge in [0.15, 0.2) is 11.5 Å². The number of hydrazone groups is 1. The van der Waals surface area contributed by atoms with Crippen LogP contribution in [0.1, 0.15) is 43.6 Å². The maximum atomic E-state index is 12.4. The van der Waals surface area contributed by atoms with Gasteiger partial charge >= 0.3 is 12.1 Å². The lowest BCUT2D eigenvalue weighted by Crippen LogP contribution is -2.29. The Morgan fingerprint density at radius 1 is 1.13 bits per heavy atom. The number of nitrogens with zero attached hydrogens (tertiary/aromatic N) is 2. The van der Waals surface area contributed by atoms with Crippen molar-refractivity contribution in [3.05, 3.63) is 63.7 Å². The normalized spacial score (nSPS) is 11.1. The molecule has 0 aliphatic carbocycles. The molecule has 0 saturated heterocycles. The maximum Gasteiger partial charge on any atom is 0.428 e. The lowest BCUT2D eigenvalue weighted by molar-refractivity contribution is -0.384. The summed E-state index contributed by atoms with van der Waals surface area (Å²) in [5.41, 5.74) is 2.21. The SMILES string of the molecule is CCOc1cc(C=NNC(=O)OC(C)(C)C)ccc1OC(=O)c1ccc([N+](=O)[O-])cc1. The van der Waals surface area contributed by atoms with Crippen LogP contribution in [0.25, 0.3) is 0 Å².